The first-order valence-electron chi connectivity index (χ1n) is 5.28. The molecule has 0 fully saturated rings. The van der Waals surface area contributed by atoms with Crippen molar-refractivity contribution >= 4 is 24.0 Å². The first-order valence-corrected chi connectivity index (χ1v) is 5.66. The molecule has 0 saturated heterocycles. The van der Waals surface area contributed by atoms with E-state index in [9.17, 15) is 0 Å². The van der Waals surface area contributed by atoms with Gasteiger partial charge in [-0.15, -0.1) is 12.4 Å². The van der Waals surface area contributed by atoms with E-state index >= 15 is 0 Å². The maximum Gasteiger partial charge on any atom is 0.0559 e. The van der Waals surface area contributed by atoms with Gasteiger partial charge in [0.05, 0.1) is 6.04 Å². The lowest BCUT2D eigenvalue weighted by atomic mass is 9.98. The predicted octanol–water partition coefficient (Wildman–Crippen LogP) is 2.78. The summed E-state index contributed by atoms with van der Waals surface area (Å²) in [5.41, 5.74) is 4.17. The normalized spacial score (nSPS) is 22.1. The minimum Gasteiger partial charge on any atom is -0.391 e. The van der Waals surface area contributed by atoms with Gasteiger partial charge in [-0.1, -0.05) is 17.7 Å². The van der Waals surface area contributed by atoms with E-state index in [1.54, 1.807) is 0 Å². The molecule has 2 aliphatic heterocycles. The van der Waals surface area contributed by atoms with Crippen LogP contribution in [0.2, 0.25) is 5.02 Å². The third-order valence-corrected chi connectivity index (χ3v) is 3.36. The molecular weight excluding hydrogens is 243 g/mol. The van der Waals surface area contributed by atoms with Crippen LogP contribution in [0.25, 0.3) is 0 Å². The largest absolute Gasteiger partial charge is 0.391 e. The summed E-state index contributed by atoms with van der Waals surface area (Å²) in [6, 6.07) is 6.57. The number of fused-ring (bicyclic) bond motifs is 1. The molecule has 2 heterocycles. The molecule has 0 aromatic heterocycles. The van der Waals surface area contributed by atoms with Gasteiger partial charge in [0, 0.05) is 18.1 Å². The average Bonchev–Trinajstić information content (AvgIpc) is 2.82. The van der Waals surface area contributed by atoms with Gasteiger partial charge in [0.15, 0.2) is 0 Å². The zero-order valence-corrected chi connectivity index (χ0v) is 10.4. The van der Waals surface area contributed by atoms with E-state index in [1.807, 2.05) is 6.07 Å². The van der Waals surface area contributed by atoms with Crippen LogP contribution < -0.4 is 10.6 Å². The Morgan fingerprint density at radius 3 is 2.94 bits per heavy atom. The van der Waals surface area contributed by atoms with Crippen LogP contribution in [0.3, 0.4) is 0 Å². The van der Waals surface area contributed by atoms with Crippen LogP contribution >= 0.6 is 24.0 Å². The fourth-order valence-electron chi connectivity index (χ4n) is 2.38. The fourth-order valence-corrected chi connectivity index (χ4v) is 2.58. The van der Waals surface area contributed by atoms with Gasteiger partial charge in [-0.2, -0.15) is 0 Å². The molecule has 0 unspecified atom stereocenters. The zero-order valence-electron chi connectivity index (χ0n) is 8.79. The summed E-state index contributed by atoms with van der Waals surface area (Å²) in [6.07, 6.45) is 3.28. The first-order chi connectivity index (χ1) is 7.34. The third kappa shape index (κ3) is 1.93. The van der Waals surface area contributed by atoms with E-state index in [2.05, 4.69) is 29.0 Å². The van der Waals surface area contributed by atoms with Crippen molar-refractivity contribution in [1.82, 2.24) is 10.6 Å². The lowest BCUT2D eigenvalue weighted by Gasteiger charge is -2.12. The number of benzene rings is 1. The van der Waals surface area contributed by atoms with E-state index < -0.39 is 0 Å². The van der Waals surface area contributed by atoms with Gasteiger partial charge in [0.2, 0.25) is 0 Å². The highest BCUT2D eigenvalue weighted by atomic mass is 35.5. The number of halogens is 2. The lowest BCUT2D eigenvalue weighted by molar-refractivity contribution is 0.642. The Hall–Kier alpha value is -0.700. The minimum absolute atomic E-state index is 0. The summed E-state index contributed by atoms with van der Waals surface area (Å²) < 4.78 is 0. The van der Waals surface area contributed by atoms with Crippen LogP contribution in [0.1, 0.15) is 23.6 Å². The van der Waals surface area contributed by atoms with E-state index in [1.165, 1.54) is 16.7 Å². The molecule has 0 spiro atoms. The molecule has 1 atom stereocenters. The SMILES string of the molecule is Cl.Clc1ccc2c(c1)CN[C@H]2C1=CNCC1. The number of rotatable bonds is 1. The molecule has 0 radical (unpaired) electrons. The average molecular weight is 257 g/mol. The molecule has 0 amide bonds. The Labute approximate surface area is 106 Å². The molecule has 4 heteroatoms. The molecular formula is C12H14Cl2N2. The topological polar surface area (TPSA) is 24.1 Å². The summed E-state index contributed by atoms with van der Waals surface area (Å²) in [4.78, 5) is 0. The molecule has 2 aliphatic rings. The van der Waals surface area contributed by atoms with Crippen molar-refractivity contribution in [3.8, 4) is 0 Å². The first kappa shape index (κ1) is 11.8. The van der Waals surface area contributed by atoms with Gasteiger partial charge < -0.3 is 10.6 Å². The van der Waals surface area contributed by atoms with Crippen molar-refractivity contribution in [2.24, 2.45) is 0 Å². The summed E-state index contributed by atoms with van der Waals surface area (Å²) >= 11 is 5.98. The summed E-state index contributed by atoms with van der Waals surface area (Å²) in [5.74, 6) is 0. The van der Waals surface area contributed by atoms with Crippen LogP contribution in [-0.4, -0.2) is 6.54 Å². The molecule has 0 aliphatic carbocycles. The molecule has 2 nitrogen and oxygen atoms in total. The van der Waals surface area contributed by atoms with Gasteiger partial charge >= 0.3 is 0 Å². The lowest BCUT2D eigenvalue weighted by Crippen LogP contribution is -2.13. The van der Waals surface area contributed by atoms with Crippen LogP contribution in [0, 0.1) is 0 Å². The molecule has 0 saturated carbocycles. The second kappa shape index (κ2) is 4.66. The maximum absolute atomic E-state index is 5.98. The monoisotopic (exact) mass is 256 g/mol. The van der Waals surface area contributed by atoms with Crippen molar-refractivity contribution in [2.75, 3.05) is 6.54 Å². The Balaban J connectivity index is 0.000000963. The Morgan fingerprint density at radius 1 is 1.31 bits per heavy atom. The highest BCUT2D eigenvalue weighted by Gasteiger charge is 2.26. The van der Waals surface area contributed by atoms with E-state index in [0.717, 1.165) is 24.5 Å². The number of hydrogen-bond acceptors (Lipinski definition) is 2. The number of hydrogen-bond donors (Lipinski definition) is 2. The maximum atomic E-state index is 5.98. The number of nitrogens with one attached hydrogen (secondary N) is 2. The molecule has 3 rings (SSSR count). The fraction of sp³-hybridized carbons (Fsp3) is 0.333. The van der Waals surface area contributed by atoms with Crippen molar-refractivity contribution in [2.45, 2.75) is 19.0 Å². The van der Waals surface area contributed by atoms with Gasteiger partial charge in [-0.05, 0) is 41.5 Å². The van der Waals surface area contributed by atoms with Gasteiger partial charge in [0.1, 0.15) is 0 Å². The molecule has 0 bridgehead atoms. The van der Waals surface area contributed by atoms with E-state index in [-0.39, 0.29) is 12.4 Å². The highest BCUT2D eigenvalue weighted by molar-refractivity contribution is 6.30. The Morgan fingerprint density at radius 2 is 2.19 bits per heavy atom. The second-order valence-electron chi connectivity index (χ2n) is 4.08. The summed E-state index contributed by atoms with van der Waals surface area (Å²) in [5, 5.41) is 7.62. The van der Waals surface area contributed by atoms with Crippen molar-refractivity contribution in [3.05, 3.63) is 46.1 Å². The molecule has 1 aromatic rings. The van der Waals surface area contributed by atoms with Crippen molar-refractivity contribution in [1.29, 1.82) is 0 Å². The van der Waals surface area contributed by atoms with Crippen molar-refractivity contribution < 1.29 is 0 Å². The highest BCUT2D eigenvalue weighted by Crippen LogP contribution is 2.34. The van der Waals surface area contributed by atoms with E-state index in [4.69, 9.17) is 11.6 Å². The van der Waals surface area contributed by atoms with E-state index in [0.29, 0.717) is 6.04 Å². The zero-order chi connectivity index (χ0) is 10.3. The van der Waals surface area contributed by atoms with Gasteiger partial charge in [-0.3, -0.25) is 0 Å². The molecule has 16 heavy (non-hydrogen) atoms. The van der Waals surface area contributed by atoms with Gasteiger partial charge in [0.25, 0.3) is 0 Å². The summed E-state index contributed by atoms with van der Waals surface area (Å²) in [6.45, 7) is 1.99. The second-order valence-corrected chi connectivity index (χ2v) is 4.52. The predicted molar refractivity (Wildman–Crippen MR) is 69.0 cm³/mol. The Bertz CT molecular complexity index is 429. The van der Waals surface area contributed by atoms with Crippen molar-refractivity contribution in [3.63, 3.8) is 0 Å². The molecule has 86 valence electrons. The van der Waals surface area contributed by atoms with Gasteiger partial charge in [-0.25, -0.2) is 0 Å². The third-order valence-electron chi connectivity index (χ3n) is 3.13. The van der Waals surface area contributed by atoms with Crippen LogP contribution in [-0.2, 0) is 6.54 Å². The Kier molecular flexibility index (Phi) is 3.43. The van der Waals surface area contributed by atoms with Crippen LogP contribution in [0.15, 0.2) is 30.0 Å². The molecule has 2 N–H and O–H groups in total. The minimum atomic E-state index is 0. The standard InChI is InChI=1S/C12H13ClN2.ClH/c13-10-1-2-11-9(5-10)7-15-12(11)8-3-4-14-6-8;/h1-2,5-6,12,14-15H,3-4,7H2;1H/t12-;/m0./s1. The molecule has 1 aromatic carbocycles. The smallest absolute Gasteiger partial charge is 0.0559 e. The quantitative estimate of drug-likeness (QED) is 0.808. The summed E-state index contributed by atoms with van der Waals surface area (Å²) in [7, 11) is 0. The van der Waals surface area contributed by atoms with Crippen LogP contribution in [0.4, 0.5) is 0 Å². The van der Waals surface area contributed by atoms with Crippen LogP contribution in [0.5, 0.6) is 0 Å².